The number of benzene rings is 1. The molecule has 1 amide bonds. The van der Waals surface area contributed by atoms with Crippen LogP contribution in [0.1, 0.15) is 66.1 Å². The lowest BCUT2D eigenvalue weighted by atomic mass is 9.97. The number of carbonyl (C=O) groups excluding carboxylic acids is 1. The Bertz CT molecular complexity index is 1140. The van der Waals surface area contributed by atoms with Crippen LogP contribution in [0.15, 0.2) is 29.1 Å². The number of nitrogens with zero attached hydrogens (tertiary/aromatic N) is 1. The van der Waals surface area contributed by atoms with Crippen molar-refractivity contribution < 1.29 is 19.1 Å². The van der Waals surface area contributed by atoms with Crippen molar-refractivity contribution in [3.05, 3.63) is 40.2 Å². The van der Waals surface area contributed by atoms with E-state index in [0.29, 0.717) is 29.9 Å². The molecule has 2 heterocycles. The molecule has 0 unspecified atom stereocenters. The van der Waals surface area contributed by atoms with Gasteiger partial charge in [-0.2, -0.15) is 0 Å². The van der Waals surface area contributed by atoms with Gasteiger partial charge in [-0.15, -0.1) is 0 Å². The van der Waals surface area contributed by atoms with Crippen LogP contribution in [0, 0.1) is 5.92 Å². The van der Waals surface area contributed by atoms with Crippen molar-refractivity contribution in [3.63, 3.8) is 0 Å². The predicted molar refractivity (Wildman–Crippen MR) is 151 cm³/mol. The maximum Gasteiger partial charge on any atom is 0.410 e. The van der Waals surface area contributed by atoms with Crippen molar-refractivity contribution in [2.24, 2.45) is 5.92 Å². The van der Waals surface area contributed by atoms with Crippen molar-refractivity contribution in [2.45, 2.75) is 84.2 Å². The average molecular weight is 532 g/mol. The molecule has 3 rings (SSSR count). The molecule has 0 saturated carbocycles. The molecular weight excluding hydrogens is 486 g/mol. The highest BCUT2D eigenvalue weighted by Crippen LogP contribution is 2.41. The molecule has 1 aliphatic rings. The van der Waals surface area contributed by atoms with Crippen LogP contribution < -0.4 is 10.9 Å². The van der Waals surface area contributed by atoms with Crippen LogP contribution in [0.4, 0.5) is 4.79 Å². The van der Waals surface area contributed by atoms with E-state index in [4.69, 9.17) is 9.16 Å². The lowest BCUT2D eigenvalue weighted by Crippen LogP contribution is -2.47. The van der Waals surface area contributed by atoms with E-state index < -0.39 is 20.0 Å². The van der Waals surface area contributed by atoms with Crippen LogP contribution in [0.3, 0.4) is 0 Å². The number of pyridine rings is 1. The van der Waals surface area contributed by atoms with Crippen molar-refractivity contribution in [1.82, 2.24) is 15.2 Å². The summed E-state index contributed by atoms with van der Waals surface area (Å²) in [5.41, 5.74) is 0.288. The number of ether oxygens (including phenoxy) is 1. The first-order valence-corrected chi connectivity index (χ1v) is 16.2. The summed E-state index contributed by atoms with van der Waals surface area (Å²) in [4.78, 5) is 30.1. The topological polar surface area (TPSA) is 104 Å². The van der Waals surface area contributed by atoms with E-state index >= 15 is 0 Å². The Hall–Kier alpha value is -2.36. The zero-order valence-corrected chi connectivity index (χ0v) is 24.7. The molecule has 0 radical (unpaired) electrons. The second-order valence-corrected chi connectivity index (χ2v) is 17.5. The number of carbonyl (C=O) groups is 1. The van der Waals surface area contributed by atoms with Gasteiger partial charge >= 0.3 is 6.09 Å². The molecule has 1 aliphatic heterocycles. The minimum atomic E-state index is -2.29. The lowest BCUT2D eigenvalue weighted by Gasteiger charge is -2.41. The van der Waals surface area contributed by atoms with E-state index in [1.807, 2.05) is 26.8 Å². The van der Waals surface area contributed by atoms with E-state index in [9.17, 15) is 14.7 Å². The van der Waals surface area contributed by atoms with Gasteiger partial charge < -0.3 is 29.5 Å². The summed E-state index contributed by atoms with van der Waals surface area (Å²) in [5.74, 6) is 0.372. The standard InChI is InChI=1S/C28H45N3O5Si/c1-27(2,3)35-26(34)31(17-19-13-15-29-16-14-19)18-23(36-37(7,8)28(4,5)6)20-9-11-22(32)25-21(20)10-12-24(33)30-25/h9-12,19,23,29,32H,13-18H2,1-8H3,(H,30,33)/t23-/m0/s1. The van der Waals surface area contributed by atoms with Crippen molar-refractivity contribution in [1.29, 1.82) is 0 Å². The predicted octanol–water partition coefficient (Wildman–Crippen LogP) is 5.53. The first-order chi connectivity index (χ1) is 17.1. The van der Waals surface area contributed by atoms with Crippen LogP contribution >= 0.6 is 0 Å². The Morgan fingerprint density at radius 2 is 1.76 bits per heavy atom. The number of nitrogens with one attached hydrogen (secondary N) is 2. The number of phenolic OH excluding ortho intramolecular Hbond substituents is 1. The molecule has 0 aliphatic carbocycles. The van der Waals surface area contributed by atoms with E-state index in [-0.39, 0.29) is 22.4 Å². The summed E-state index contributed by atoms with van der Waals surface area (Å²) in [7, 11) is -2.29. The maximum absolute atomic E-state index is 13.5. The third kappa shape index (κ3) is 7.58. The number of hydrogen-bond donors (Lipinski definition) is 3. The zero-order valence-electron chi connectivity index (χ0n) is 23.7. The number of aromatic nitrogens is 1. The van der Waals surface area contributed by atoms with Crippen molar-refractivity contribution in [2.75, 3.05) is 26.2 Å². The van der Waals surface area contributed by atoms with Gasteiger partial charge in [0.15, 0.2) is 8.32 Å². The second kappa shape index (κ2) is 11.2. The first-order valence-electron chi connectivity index (χ1n) is 13.3. The highest BCUT2D eigenvalue weighted by Gasteiger charge is 2.41. The van der Waals surface area contributed by atoms with Gasteiger partial charge in [0.25, 0.3) is 0 Å². The number of piperidine rings is 1. The monoisotopic (exact) mass is 531 g/mol. The molecule has 8 nitrogen and oxygen atoms in total. The van der Waals surface area contributed by atoms with E-state index in [2.05, 4.69) is 44.2 Å². The van der Waals surface area contributed by atoms with Crippen LogP contribution in [0.2, 0.25) is 18.1 Å². The third-order valence-electron chi connectivity index (χ3n) is 7.47. The van der Waals surface area contributed by atoms with Crippen LogP contribution in [0.25, 0.3) is 10.9 Å². The number of amides is 1. The fourth-order valence-electron chi connectivity index (χ4n) is 4.40. The summed E-state index contributed by atoms with van der Waals surface area (Å²) in [6.07, 6.45) is 1.17. The Morgan fingerprint density at radius 1 is 1.11 bits per heavy atom. The molecule has 1 saturated heterocycles. The molecule has 1 fully saturated rings. The van der Waals surface area contributed by atoms with Crippen molar-refractivity contribution >= 4 is 25.3 Å². The summed E-state index contributed by atoms with van der Waals surface area (Å²) < 4.78 is 12.8. The molecule has 1 aromatic carbocycles. The lowest BCUT2D eigenvalue weighted by molar-refractivity contribution is 0.0111. The van der Waals surface area contributed by atoms with Gasteiger partial charge in [0.1, 0.15) is 11.4 Å². The number of aromatic hydroxyl groups is 1. The first kappa shape index (κ1) is 29.2. The number of hydrogen-bond acceptors (Lipinski definition) is 6. The van der Waals surface area contributed by atoms with Gasteiger partial charge in [0.05, 0.1) is 18.2 Å². The Labute approximate surface area is 221 Å². The molecule has 206 valence electrons. The van der Waals surface area contributed by atoms with Gasteiger partial charge in [0, 0.05) is 18.0 Å². The molecular formula is C28H45N3O5Si. The molecule has 0 spiro atoms. The van der Waals surface area contributed by atoms with Crippen LogP contribution in [-0.2, 0) is 9.16 Å². The Morgan fingerprint density at radius 3 is 2.35 bits per heavy atom. The molecule has 0 bridgehead atoms. The number of rotatable bonds is 7. The minimum Gasteiger partial charge on any atom is -0.506 e. The van der Waals surface area contributed by atoms with Crippen LogP contribution in [-0.4, -0.2) is 61.2 Å². The highest BCUT2D eigenvalue weighted by atomic mass is 28.4. The fourth-order valence-corrected chi connectivity index (χ4v) is 5.66. The third-order valence-corrected chi connectivity index (χ3v) is 12.0. The SMILES string of the molecule is CC(C)(C)OC(=O)N(CC1CCNCC1)C[C@H](O[Si](C)(C)C(C)(C)C)c1ccc(O)c2[nH]c(=O)ccc12. The summed E-state index contributed by atoms with van der Waals surface area (Å²) in [6, 6.07) is 6.59. The number of fused-ring (bicyclic) bond motifs is 1. The molecule has 1 atom stereocenters. The van der Waals surface area contributed by atoms with Gasteiger partial charge in [0.2, 0.25) is 5.56 Å². The average Bonchev–Trinajstić information content (AvgIpc) is 2.77. The molecule has 2 aromatic rings. The fraction of sp³-hybridized carbons (Fsp3) is 0.643. The quantitative estimate of drug-likeness (QED) is 0.406. The van der Waals surface area contributed by atoms with E-state index in [1.54, 1.807) is 17.0 Å². The molecule has 3 N–H and O–H groups in total. The minimum absolute atomic E-state index is 0.00114. The van der Waals surface area contributed by atoms with Gasteiger partial charge in [-0.3, -0.25) is 4.79 Å². The van der Waals surface area contributed by atoms with Gasteiger partial charge in [-0.1, -0.05) is 26.8 Å². The highest BCUT2D eigenvalue weighted by molar-refractivity contribution is 6.74. The normalized spacial score (nSPS) is 16.5. The molecule has 37 heavy (non-hydrogen) atoms. The van der Waals surface area contributed by atoms with E-state index in [0.717, 1.165) is 31.5 Å². The number of phenols is 1. The Kier molecular flexibility index (Phi) is 8.81. The zero-order chi connectivity index (χ0) is 27.6. The summed E-state index contributed by atoms with van der Waals surface area (Å²) in [5, 5.41) is 14.5. The summed E-state index contributed by atoms with van der Waals surface area (Å²) in [6.45, 7) is 19.3. The van der Waals surface area contributed by atoms with Gasteiger partial charge in [-0.25, -0.2) is 4.79 Å². The number of aromatic amines is 1. The molecule has 1 aromatic heterocycles. The maximum atomic E-state index is 13.5. The van der Waals surface area contributed by atoms with E-state index in [1.165, 1.54) is 6.07 Å². The van der Waals surface area contributed by atoms with Crippen molar-refractivity contribution in [3.8, 4) is 5.75 Å². The smallest absolute Gasteiger partial charge is 0.410 e. The number of H-pyrrole nitrogens is 1. The van der Waals surface area contributed by atoms with Gasteiger partial charge in [-0.05, 0) is 88.4 Å². The Balaban J connectivity index is 2.07. The second-order valence-electron chi connectivity index (χ2n) is 12.7. The summed E-state index contributed by atoms with van der Waals surface area (Å²) >= 11 is 0. The van der Waals surface area contributed by atoms with Crippen LogP contribution in [0.5, 0.6) is 5.75 Å². The largest absolute Gasteiger partial charge is 0.506 e. The molecule has 9 heteroatoms.